The Balaban J connectivity index is 1.63. The quantitative estimate of drug-likeness (QED) is 0.556. The highest BCUT2D eigenvalue weighted by molar-refractivity contribution is 5.92. The molecule has 0 saturated heterocycles. The predicted octanol–water partition coefficient (Wildman–Crippen LogP) is 4.48. The number of carbonyl (C=O) groups excluding carboxylic acids is 1. The molecule has 156 valence electrons. The predicted molar refractivity (Wildman–Crippen MR) is 111 cm³/mol. The number of nitrogens with one attached hydrogen (secondary N) is 1. The van der Waals surface area contributed by atoms with Crippen LogP contribution in [0.4, 0.5) is 8.78 Å². The summed E-state index contributed by atoms with van der Waals surface area (Å²) in [5.41, 5.74) is 4.33. The Kier molecular flexibility index (Phi) is 6.95. The topological polar surface area (TPSA) is 56.2 Å². The first kappa shape index (κ1) is 21.2. The number of hydrogen-bond donors (Lipinski definition) is 1. The first-order valence-electron chi connectivity index (χ1n) is 9.50. The zero-order valence-corrected chi connectivity index (χ0v) is 16.8. The molecule has 7 heteroatoms. The number of halogens is 2. The molecule has 0 aliphatic rings. The second-order valence-corrected chi connectivity index (χ2v) is 6.76. The van der Waals surface area contributed by atoms with Crippen LogP contribution in [0.25, 0.3) is 6.08 Å². The van der Waals surface area contributed by atoms with Crippen molar-refractivity contribution in [2.45, 2.75) is 33.5 Å². The average molecular weight is 411 g/mol. The van der Waals surface area contributed by atoms with Gasteiger partial charge in [0.1, 0.15) is 5.75 Å². The lowest BCUT2D eigenvalue weighted by Gasteiger charge is -2.08. The highest BCUT2D eigenvalue weighted by Crippen LogP contribution is 2.21. The molecular weight excluding hydrogens is 388 g/mol. The van der Waals surface area contributed by atoms with E-state index in [2.05, 4.69) is 15.2 Å². The van der Waals surface area contributed by atoms with Gasteiger partial charge in [-0.05, 0) is 31.6 Å². The molecule has 0 atom stereocenters. The molecule has 30 heavy (non-hydrogen) atoms. The van der Waals surface area contributed by atoms with E-state index in [1.807, 2.05) is 48.9 Å². The molecule has 0 fully saturated rings. The Labute approximate surface area is 174 Å². The van der Waals surface area contributed by atoms with E-state index in [0.29, 0.717) is 18.7 Å². The van der Waals surface area contributed by atoms with E-state index in [4.69, 9.17) is 0 Å². The second-order valence-electron chi connectivity index (χ2n) is 6.76. The van der Waals surface area contributed by atoms with Crippen LogP contribution >= 0.6 is 0 Å². The van der Waals surface area contributed by atoms with Crippen LogP contribution in [0.5, 0.6) is 5.75 Å². The number of ether oxygens (including phenoxy) is 1. The molecule has 0 saturated carbocycles. The summed E-state index contributed by atoms with van der Waals surface area (Å²) in [6.45, 7) is 1.93. The molecule has 0 radical (unpaired) electrons. The van der Waals surface area contributed by atoms with E-state index in [1.165, 1.54) is 18.2 Å². The lowest BCUT2D eigenvalue weighted by atomic mass is 10.1. The maximum absolute atomic E-state index is 12.5. The molecule has 0 bridgehead atoms. The Bertz CT molecular complexity index is 1030. The molecular formula is C23H23F2N3O2. The smallest absolute Gasteiger partial charge is 0.387 e. The molecule has 0 aliphatic carbocycles. The van der Waals surface area contributed by atoms with Gasteiger partial charge in [-0.25, -0.2) is 0 Å². The third-order valence-electron chi connectivity index (χ3n) is 4.70. The SMILES string of the molecule is Cc1nn(Cc2ccccc2)c(C)c1CNC(=O)/C=C/c1ccccc1OC(F)F. The molecule has 0 aliphatic heterocycles. The molecule has 2 aromatic carbocycles. The van der Waals surface area contributed by atoms with Gasteiger partial charge in [-0.15, -0.1) is 0 Å². The minimum absolute atomic E-state index is 0.0189. The molecule has 1 N–H and O–H groups in total. The first-order chi connectivity index (χ1) is 14.4. The van der Waals surface area contributed by atoms with E-state index in [1.54, 1.807) is 18.2 Å². The Morgan fingerprint density at radius 1 is 1.13 bits per heavy atom. The zero-order valence-electron chi connectivity index (χ0n) is 16.8. The zero-order chi connectivity index (χ0) is 21.5. The van der Waals surface area contributed by atoms with Gasteiger partial charge < -0.3 is 10.1 Å². The number of para-hydroxylation sites is 1. The van der Waals surface area contributed by atoms with Crippen LogP contribution in [0.2, 0.25) is 0 Å². The second kappa shape index (κ2) is 9.82. The first-order valence-corrected chi connectivity index (χ1v) is 9.50. The molecule has 1 aromatic heterocycles. The van der Waals surface area contributed by atoms with Gasteiger partial charge in [-0.1, -0.05) is 48.5 Å². The van der Waals surface area contributed by atoms with E-state index < -0.39 is 6.61 Å². The van der Waals surface area contributed by atoms with Crippen LogP contribution in [-0.2, 0) is 17.9 Å². The van der Waals surface area contributed by atoms with Crippen molar-refractivity contribution in [3.8, 4) is 5.75 Å². The Morgan fingerprint density at radius 2 is 1.83 bits per heavy atom. The number of alkyl halides is 2. The Hall–Kier alpha value is -3.48. The van der Waals surface area contributed by atoms with E-state index in [0.717, 1.165) is 22.5 Å². The van der Waals surface area contributed by atoms with Gasteiger partial charge in [0.25, 0.3) is 0 Å². The van der Waals surface area contributed by atoms with Crippen LogP contribution in [0, 0.1) is 13.8 Å². The molecule has 1 amide bonds. The van der Waals surface area contributed by atoms with Gasteiger partial charge in [0.2, 0.25) is 5.91 Å². The van der Waals surface area contributed by atoms with Gasteiger partial charge in [-0.3, -0.25) is 9.48 Å². The number of rotatable bonds is 8. The third-order valence-corrected chi connectivity index (χ3v) is 4.70. The van der Waals surface area contributed by atoms with Crippen LogP contribution in [0.3, 0.4) is 0 Å². The van der Waals surface area contributed by atoms with Crippen LogP contribution in [0.1, 0.15) is 28.1 Å². The summed E-state index contributed by atoms with van der Waals surface area (Å²) in [5.74, 6) is -0.318. The molecule has 0 unspecified atom stereocenters. The minimum Gasteiger partial charge on any atom is -0.434 e. The number of hydrogen-bond acceptors (Lipinski definition) is 3. The summed E-state index contributed by atoms with van der Waals surface area (Å²) in [7, 11) is 0. The highest BCUT2D eigenvalue weighted by Gasteiger charge is 2.12. The lowest BCUT2D eigenvalue weighted by molar-refractivity contribution is -0.116. The van der Waals surface area contributed by atoms with Crippen LogP contribution in [0.15, 0.2) is 60.7 Å². The molecule has 0 spiro atoms. The molecule has 3 rings (SSSR count). The van der Waals surface area contributed by atoms with Gasteiger partial charge >= 0.3 is 6.61 Å². The summed E-state index contributed by atoms with van der Waals surface area (Å²) >= 11 is 0. The van der Waals surface area contributed by atoms with E-state index in [-0.39, 0.29) is 11.7 Å². The summed E-state index contributed by atoms with van der Waals surface area (Å²) < 4.78 is 31.4. The van der Waals surface area contributed by atoms with Gasteiger partial charge in [0.15, 0.2) is 0 Å². The number of benzene rings is 2. The summed E-state index contributed by atoms with van der Waals surface area (Å²) in [5, 5.41) is 7.40. The van der Waals surface area contributed by atoms with Crippen LogP contribution in [-0.4, -0.2) is 22.3 Å². The number of amides is 1. The Morgan fingerprint density at radius 3 is 2.57 bits per heavy atom. The van der Waals surface area contributed by atoms with Crippen molar-refractivity contribution < 1.29 is 18.3 Å². The summed E-state index contributed by atoms with van der Waals surface area (Å²) in [4.78, 5) is 12.2. The number of aromatic nitrogens is 2. The average Bonchev–Trinajstić information content (AvgIpc) is 2.98. The summed E-state index contributed by atoms with van der Waals surface area (Å²) in [6.07, 6.45) is 2.75. The molecule has 5 nitrogen and oxygen atoms in total. The van der Waals surface area contributed by atoms with Gasteiger partial charge in [0, 0.05) is 29.4 Å². The van der Waals surface area contributed by atoms with Crippen molar-refractivity contribution in [2.24, 2.45) is 0 Å². The number of nitrogens with zero attached hydrogens (tertiary/aromatic N) is 2. The van der Waals surface area contributed by atoms with Crippen LogP contribution < -0.4 is 10.1 Å². The van der Waals surface area contributed by atoms with Gasteiger partial charge in [-0.2, -0.15) is 13.9 Å². The number of aryl methyl sites for hydroxylation is 1. The van der Waals surface area contributed by atoms with Crippen molar-refractivity contribution in [3.05, 3.63) is 88.8 Å². The molecule has 1 heterocycles. The van der Waals surface area contributed by atoms with Crippen molar-refractivity contribution in [3.63, 3.8) is 0 Å². The monoisotopic (exact) mass is 411 g/mol. The van der Waals surface area contributed by atoms with Crippen molar-refractivity contribution in [1.29, 1.82) is 0 Å². The largest absolute Gasteiger partial charge is 0.434 e. The number of carbonyl (C=O) groups is 1. The highest BCUT2D eigenvalue weighted by atomic mass is 19.3. The van der Waals surface area contributed by atoms with Gasteiger partial charge in [0.05, 0.1) is 12.2 Å². The fraction of sp³-hybridized carbons (Fsp3) is 0.217. The van der Waals surface area contributed by atoms with E-state index >= 15 is 0 Å². The van der Waals surface area contributed by atoms with Crippen molar-refractivity contribution >= 4 is 12.0 Å². The lowest BCUT2D eigenvalue weighted by Crippen LogP contribution is -2.21. The maximum Gasteiger partial charge on any atom is 0.387 e. The fourth-order valence-corrected chi connectivity index (χ4v) is 3.12. The minimum atomic E-state index is -2.92. The standard InChI is InChI=1S/C23H23F2N3O2/c1-16-20(17(2)28(27-16)15-18-8-4-3-5-9-18)14-26-22(29)13-12-19-10-6-7-11-21(19)30-23(24)25/h3-13,23H,14-15H2,1-2H3,(H,26,29)/b13-12+. The maximum atomic E-state index is 12.5. The third kappa shape index (κ3) is 5.53. The van der Waals surface area contributed by atoms with E-state index in [9.17, 15) is 13.6 Å². The fourth-order valence-electron chi connectivity index (χ4n) is 3.12. The summed E-state index contributed by atoms with van der Waals surface area (Å²) in [6, 6.07) is 16.3. The van der Waals surface area contributed by atoms with Crippen molar-refractivity contribution in [1.82, 2.24) is 15.1 Å². The molecule has 3 aromatic rings. The normalized spacial score (nSPS) is 11.2. The van der Waals surface area contributed by atoms with Crippen molar-refractivity contribution in [2.75, 3.05) is 0 Å².